The van der Waals surface area contributed by atoms with Gasteiger partial charge in [0.05, 0.1) is 13.3 Å². The van der Waals surface area contributed by atoms with Gasteiger partial charge >= 0.3 is 5.97 Å². The van der Waals surface area contributed by atoms with Crippen LogP contribution in [0.1, 0.15) is 30.2 Å². The van der Waals surface area contributed by atoms with E-state index >= 15 is 0 Å². The molecule has 0 aliphatic heterocycles. The molecule has 0 aromatic carbocycles. The Balaban J connectivity index is 2.94. The zero-order valence-electron chi connectivity index (χ0n) is 11.4. The maximum atomic E-state index is 12.0. The Kier molecular flexibility index (Phi) is 4.47. The van der Waals surface area contributed by atoms with E-state index in [1.165, 1.54) is 13.3 Å². The fourth-order valence-corrected chi connectivity index (χ4v) is 1.47. The molecule has 1 aromatic rings. The second kappa shape index (κ2) is 5.66. The molecule has 0 bridgehead atoms. The summed E-state index contributed by atoms with van der Waals surface area (Å²) in [7, 11) is 3.04. The third-order valence-corrected chi connectivity index (χ3v) is 2.91. The van der Waals surface area contributed by atoms with E-state index < -0.39 is 5.97 Å². The smallest absolute Gasteiger partial charge is 0.356 e. The van der Waals surface area contributed by atoms with Gasteiger partial charge in [-0.15, -0.1) is 0 Å². The Morgan fingerprint density at radius 2 is 2.11 bits per heavy atom. The van der Waals surface area contributed by atoms with Gasteiger partial charge in [-0.05, 0) is 20.8 Å². The molecule has 0 radical (unpaired) electrons. The molecule has 1 heterocycles. The van der Waals surface area contributed by atoms with Crippen molar-refractivity contribution in [3.8, 4) is 0 Å². The van der Waals surface area contributed by atoms with Crippen molar-refractivity contribution >= 4 is 11.9 Å². The number of imidazole rings is 1. The zero-order chi connectivity index (χ0) is 13.9. The van der Waals surface area contributed by atoms with Gasteiger partial charge in [0.15, 0.2) is 0 Å². The van der Waals surface area contributed by atoms with E-state index in [0.717, 1.165) is 0 Å². The van der Waals surface area contributed by atoms with Crippen molar-refractivity contribution in [1.29, 1.82) is 0 Å². The predicted molar refractivity (Wildman–Crippen MR) is 66.2 cm³/mol. The van der Waals surface area contributed by atoms with E-state index in [1.807, 2.05) is 13.8 Å². The maximum Gasteiger partial charge on any atom is 0.356 e. The summed E-state index contributed by atoms with van der Waals surface area (Å²) in [6.45, 7) is 5.69. The summed E-state index contributed by atoms with van der Waals surface area (Å²) in [5.41, 5.74) is 0.292. The van der Waals surface area contributed by atoms with Crippen LogP contribution in [0.25, 0.3) is 0 Å². The Hall–Kier alpha value is -1.85. The van der Waals surface area contributed by atoms with Crippen molar-refractivity contribution in [3.05, 3.63) is 17.7 Å². The van der Waals surface area contributed by atoms with Gasteiger partial charge < -0.3 is 14.2 Å². The van der Waals surface area contributed by atoms with Gasteiger partial charge in [-0.25, -0.2) is 9.78 Å². The number of carbonyl (C=O) groups excluding carboxylic acids is 2. The van der Waals surface area contributed by atoms with Crippen LogP contribution in [-0.4, -0.2) is 46.5 Å². The van der Waals surface area contributed by atoms with Crippen LogP contribution in [0.15, 0.2) is 6.20 Å². The number of methoxy groups -OCH3 is 1. The average molecular weight is 253 g/mol. The van der Waals surface area contributed by atoms with Crippen LogP contribution in [0, 0.1) is 6.92 Å². The number of amides is 1. The van der Waals surface area contributed by atoms with Crippen LogP contribution < -0.4 is 0 Å². The summed E-state index contributed by atoms with van der Waals surface area (Å²) in [6.07, 6.45) is 1.42. The Morgan fingerprint density at radius 1 is 1.50 bits per heavy atom. The van der Waals surface area contributed by atoms with Gasteiger partial charge in [-0.1, -0.05) is 0 Å². The maximum absolute atomic E-state index is 12.0. The number of carbonyl (C=O) groups is 2. The molecular formula is C12H19N3O3. The average Bonchev–Trinajstić information content (AvgIpc) is 2.69. The highest BCUT2D eigenvalue weighted by atomic mass is 16.5. The number of rotatable bonds is 4. The number of nitrogens with zero attached hydrogens (tertiary/aromatic N) is 3. The Bertz CT molecular complexity index is 451. The second-order valence-corrected chi connectivity index (χ2v) is 4.37. The molecule has 0 atom stereocenters. The van der Waals surface area contributed by atoms with Crippen molar-refractivity contribution in [2.45, 2.75) is 33.4 Å². The van der Waals surface area contributed by atoms with Gasteiger partial charge in [0.2, 0.25) is 5.91 Å². The van der Waals surface area contributed by atoms with Crippen molar-refractivity contribution in [1.82, 2.24) is 14.5 Å². The van der Waals surface area contributed by atoms with E-state index in [9.17, 15) is 9.59 Å². The lowest BCUT2D eigenvalue weighted by molar-refractivity contribution is -0.132. The van der Waals surface area contributed by atoms with Crippen LogP contribution >= 0.6 is 0 Å². The SMILES string of the molecule is COC(=O)c1cnc(C)n1CC(=O)N(C)C(C)C. The first-order chi connectivity index (χ1) is 8.38. The fraction of sp³-hybridized carbons (Fsp3) is 0.583. The van der Waals surface area contributed by atoms with E-state index in [0.29, 0.717) is 11.5 Å². The van der Waals surface area contributed by atoms with Crippen LogP contribution in [0.4, 0.5) is 0 Å². The lowest BCUT2D eigenvalue weighted by Gasteiger charge is -2.22. The molecule has 0 aliphatic rings. The summed E-state index contributed by atoms with van der Waals surface area (Å²) in [4.78, 5) is 29.2. The minimum absolute atomic E-state index is 0.0729. The molecule has 0 aliphatic carbocycles. The van der Waals surface area contributed by atoms with Gasteiger partial charge in [-0.3, -0.25) is 4.79 Å². The Labute approximate surface area is 107 Å². The quantitative estimate of drug-likeness (QED) is 0.746. The summed E-state index contributed by atoms with van der Waals surface area (Å²) in [5.74, 6) is 0.0489. The molecule has 6 nitrogen and oxygen atoms in total. The number of likely N-dealkylation sites (N-methyl/N-ethyl adjacent to an activating group) is 1. The summed E-state index contributed by atoms with van der Waals surface area (Å²) in [5, 5.41) is 0. The number of hydrogen-bond donors (Lipinski definition) is 0. The molecule has 0 spiro atoms. The topological polar surface area (TPSA) is 64.4 Å². The third kappa shape index (κ3) is 2.88. The first-order valence-corrected chi connectivity index (χ1v) is 5.74. The molecule has 18 heavy (non-hydrogen) atoms. The molecule has 0 N–H and O–H groups in total. The van der Waals surface area contributed by atoms with E-state index in [4.69, 9.17) is 0 Å². The standard InChI is InChI=1S/C12H19N3O3/c1-8(2)14(4)11(16)7-15-9(3)13-6-10(15)12(17)18-5/h6,8H,7H2,1-5H3. The number of aryl methyl sites for hydroxylation is 1. The molecule has 1 rings (SSSR count). The highest BCUT2D eigenvalue weighted by Crippen LogP contribution is 2.08. The van der Waals surface area contributed by atoms with E-state index in [2.05, 4.69) is 9.72 Å². The van der Waals surface area contributed by atoms with Crippen LogP contribution in [-0.2, 0) is 16.1 Å². The van der Waals surface area contributed by atoms with Crippen LogP contribution in [0.3, 0.4) is 0 Å². The molecule has 0 fully saturated rings. The lowest BCUT2D eigenvalue weighted by Crippen LogP contribution is -2.36. The van der Waals surface area contributed by atoms with Crippen molar-refractivity contribution in [2.24, 2.45) is 0 Å². The number of hydrogen-bond acceptors (Lipinski definition) is 4. The summed E-state index contributed by atoms with van der Waals surface area (Å²) in [6, 6.07) is 0.114. The van der Waals surface area contributed by atoms with E-state index in [-0.39, 0.29) is 18.5 Å². The monoisotopic (exact) mass is 253 g/mol. The first-order valence-electron chi connectivity index (χ1n) is 5.74. The predicted octanol–water partition coefficient (Wildman–Crippen LogP) is 0.845. The second-order valence-electron chi connectivity index (χ2n) is 4.37. The van der Waals surface area contributed by atoms with Crippen molar-refractivity contribution in [2.75, 3.05) is 14.2 Å². The third-order valence-electron chi connectivity index (χ3n) is 2.91. The molecular weight excluding hydrogens is 234 g/mol. The summed E-state index contributed by atoms with van der Waals surface area (Å²) < 4.78 is 6.22. The zero-order valence-corrected chi connectivity index (χ0v) is 11.4. The first kappa shape index (κ1) is 14.2. The largest absolute Gasteiger partial charge is 0.464 e. The van der Waals surface area contributed by atoms with Crippen LogP contribution in [0.2, 0.25) is 0 Å². The van der Waals surface area contributed by atoms with Gasteiger partial charge in [0.1, 0.15) is 18.1 Å². The molecule has 100 valence electrons. The number of aromatic nitrogens is 2. The molecule has 1 amide bonds. The van der Waals surface area contributed by atoms with Gasteiger partial charge in [-0.2, -0.15) is 0 Å². The minimum atomic E-state index is -0.490. The van der Waals surface area contributed by atoms with Gasteiger partial charge in [0.25, 0.3) is 0 Å². The number of esters is 1. The molecule has 0 unspecified atom stereocenters. The highest BCUT2D eigenvalue weighted by Gasteiger charge is 2.19. The van der Waals surface area contributed by atoms with Crippen molar-refractivity contribution < 1.29 is 14.3 Å². The van der Waals surface area contributed by atoms with Gasteiger partial charge in [0, 0.05) is 13.1 Å². The van der Waals surface area contributed by atoms with E-state index in [1.54, 1.807) is 23.4 Å². The number of ether oxygens (including phenoxy) is 1. The Morgan fingerprint density at radius 3 is 2.61 bits per heavy atom. The molecule has 1 aromatic heterocycles. The molecule has 6 heteroatoms. The van der Waals surface area contributed by atoms with Crippen molar-refractivity contribution in [3.63, 3.8) is 0 Å². The molecule has 0 saturated carbocycles. The highest BCUT2D eigenvalue weighted by molar-refractivity contribution is 5.88. The normalized spacial score (nSPS) is 10.6. The lowest BCUT2D eigenvalue weighted by atomic mass is 10.3. The minimum Gasteiger partial charge on any atom is -0.464 e. The fourth-order valence-electron chi connectivity index (χ4n) is 1.47. The summed E-state index contributed by atoms with van der Waals surface area (Å²) >= 11 is 0. The molecule has 0 saturated heterocycles. The van der Waals surface area contributed by atoms with Crippen LogP contribution in [0.5, 0.6) is 0 Å².